The Morgan fingerprint density at radius 3 is 2.25 bits per heavy atom. The molecule has 0 aliphatic rings. The minimum absolute atomic E-state index is 0.0204. The molecular weight excluding hydrogens is 344 g/mol. The van der Waals surface area contributed by atoms with Crippen LogP contribution in [0.4, 0.5) is 8.78 Å². The number of benzene rings is 2. The van der Waals surface area contributed by atoms with Crippen molar-refractivity contribution in [2.24, 2.45) is 5.73 Å². The van der Waals surface area contributed by atoms with E-state index in [4.69, 9.17) is 5.73 Å². The molecule has 2 atom stereocenters. The second-order valence-electron chi connectivity index (χ2n) is 4.53. The number of halogens is 3. The van der Waals surface area contributed by atoms with Crippen molar-refractivity contribution in [2.75, 3.05) is 0 Å². The molecule has 0 spiro atoms. The van der Waals surface area contributed by atoms with Gasteiger partial charge in [-0.2, -0.15) is 0 Å². The van der Waals surface area contributed by atoms with Gasteiger partial charge in [-0.05, 0) is 42.8 Å². The summed E-state index contributed by atoms with van der Waals surface area (Å²) in [5.74, 6) is -1.68. The Kier molecular flexibility index (Phi) is 5.18. The fourth-order valence-electron chi connectivity index (χ4n) is 1.83. The first-order valence-corrected chi connectivity index (χ1v) is 7.77. The number of hydrogen-bond donors (Lipinski definition) is 1. The summed E-state index contributed by atoms with van der Waals surface area (Å²) in [6.07, 6.45) is 0. The number of hydrogen-bond acceptors (Lipinski definition) is 2. The van der Waals surface area contributed by atoms with Gasteiger partial charge in [-0.25, -0.2) is 8.78 Å². The third kappa shape index (κ3) is 3.81. The van der Waals surface area contributed by atoms with Crippen LogP contribution in [0.5, 0.6) is 0 Å². The van der Waals surface area contributed by atoms with E-state index in [2.05, 4.69) is 15.9 Å². The smallest absolute Gasteiger partial charge is 0.159 e. The minimum Gasteiger partial charge on any atom is -0.327 e. The van der Waals surface area contributed by atoms with Crippen LogP contribution in [-0.2, 0) is 0 Å². The van der Waals surface area contributed by atoms with Crippen molar-refractivity contribution in [2.45, 2.75) is 23.1 Å². The van der Waals surface area contributed by atoms with Crippen molar-refractivity contribution in [3.8, 4) is 0 Å². The van der Waals surface area contributed by atoms with Crippen LogP contribution >= 0.6 is 27.7 Å². The third-order valence-electron chi connectivity index (χ3n) is 2.83. The highest BCUT2D eigenvalue weighted by molar-refractivity contribution is 9.10. The maximum Gasteiger partial charge on any atom is 0.159 e. The second kappa shape index (κ2) is 6.70. The summed E-state index contributed by atoms with van der Waals surface area (Å²) in [5, 5.41) is -0.0204. The molecule has 0 aliphatic heterocycles. The summed E-state index contributed by atoms with van der Waals surface area (Å²) in [5.41, 5.74) is 7.08. The van der Waals surface area contributed by atoms with Crippen LogP contribution in [-0.4, -0.2) is 6.04 Å². The second-order valence-corrected chi connectivity index (χ2v) is 6.66. The fraction of sp³-hybridized carbons (Fsp3) is 0.200. The van der Waals surface area contributed by atoms with Gasteiger partial charge < -0.3 is 5.73 Å². The largest absolute Gasteiger partial charge is 0.327 e. The Morgan fingerprint density at radius 2 is 1.70 bits per heavy atom. The Labute approximate surface area is 129 Å². The fourth-order valence-corrected chi connectivity index (χ4v) is 3.21. The number of nitrogens with two attached hydrogens (primary N) is 1. The van der Waals surface area contributed by atoms with E-state index in [-0.39, 0.29) is 11.3 Å². The van der Waals surface area contributed by atoms with Gasteiger partial charge in [-0.1, -0.05) is 28.1 Å². The van der Waals surface area contributed by atoms with Crippen LogP contribution in [0.1, 0.15) is 17.7 Å². The Morgan fingerprint density at radius 1 is 1.05 bits per heavy atom. The van der Waals surface area contributed by atoms with Crippen LogP contribution in [0.3, 0.4) is 0 Å². The molecule has 20 heavy (non-hydrogen) atoms. The van der Waals surface area contributed by atoms with Gasteiger partial charge in [0.25, 0.3) is 0 Å². The molecule has 0 aromatic heterocycles. The van der Waals surface area contributed by atoms with Crippen molar-refractivity contribution in [1.29, 1.82) is 0 Å². The summed E-state index contributed by atoms with van der Waals surface area (Å²) in [7, 11) is 0. The molecule has 2 aromatic carbocycles. The normalized spacial score (nSPS) is 14.1. The average molecular weight is 358 g/mol. The van der Waals surface area contributed by atoms with Gasteiger partial charge in [-0.15, -0.1) is 11.8 Å². The van der Waals surface area contributed by atoms with Crippen LogP contribution in [0.25, 0.3) is 0 Å². The molecule has 0 heterocycles. The molecule has 2 unspecified atom stereocenters. The quantitative estimate of drug-likeness (QED) is 0.786. The highest BCUT2D eigenvalue weighted by Crippen LogP contribution is 2.37. The lowest BCUT2D eigenvalue weighted by Gasteiger charge is -2.21. The maximum absolute atomic E-state index is 13.3. The van der Waals surface area contributed by atoms with Gasteiger partial charge in [0, 0.05) is 20.7 Å². The summed E-state index contributed by atoms with van der Waals surface area (Å²) >= 11 is 4.82. The van der Waals surface area contributed by atoms with Crippen LogP contribution in [0.15, 0.2) is 51.8 Å². The van der Waals surface area contributed by atoms with E-state index in [0.717, 1.165) is 16.1 Å². The van der Waals surface area contributed by atoms with Crippen molar-refractivity contribution in [3.05, 3.63) is 64.1 Å². The van der Waals surface area contributed by atoms with Crippen LogP contribution in [0, 0.1) is 11.6 Å². The topological polar surface area (TPSA) is 26.0 Å². The zero-order chi connectivity index (χ0) is 14.7. The first-order chi connectivity index (χ1) is 9.47. The average Bonchev–Trinajstić information content (AvgIpc) is 2.41. The molecule has 2 N–H and O–H groups in total. The zero-order valence-electron chi connectivity index (χ0n) is 10.8. The third-order valence-corrected chi connectivity index (χ3v) is 4.84. The SMILES string of the molecule is CC(N)C(Sc1ccc(F)c(F)c1)c1ccc(Br)cc1. The van der Waals surface area contributed by atoms with E-state index in [1.165, 1.54) is 17.8 Å². The molecule has 1 nitrogen and oxygen atoms in total. The molecule has 0 radical (unpaired) electrons. The molecular formula is C15H14BrF2NS. The minimum atomic E-state index is -0.839. The Bertz CT molecular complexity index is 587. The van der Waals surface area contributed by atoms with E-state index >= 15 is 0 Å². The van der Waals surface area contributed by atoms with Crippen molar-refractivity contribution in [3.63, 3.8) is 0 Å². The van der Waals surface area contributed by atoms with Crippen molar-refractivity contribution >= 4 is 27.7 Å². The highest BCUT2D eigenvalue weighted by Gasteiger charge is 2.18. The van der Waals surface area contributed by atoms with Crippen molar-refractivity contribution < 1.29 is 8.78 Å². The number of rotatable bonds is 4. The molecule has 0 fully saturated rings. The highest BCUT2D eigenvalue weighted by atomic mass is 79.9. The summed E-state index contributed by atoms with van der Waals surface area (Å²) < 4.78 is 27.2. The summed E-state index contributed by atoms with van der Waals surface area (Å²) in [6, 6.07) is 11.6. The lowest BCUT2D eigenvalue weighted by molar-refractivity contribution is 0.506. The van der Waals surface area contributed by atoms with Crippen LogP contribution in [0.2, 0.25) is 0 Å². The Hall–Kier alpha value is -0.910. The van der Waals surface area contributed by atoms with Gasteiger partial charge in [0.15, 0.2) is 11.6 Å². The van der Waals surface area contributed by atoms with E-state index in [0.29, 0.717) is 4.90 Å². The van der Waals surface area contributed by atoms with Gasteiger partial charge in [-0.3, -0.25) is 0 Å². The van der Waals surface area contributed by atoms with Crippen LogP contribution < -0.4 is 5.73 Å². The monoisotopic (exact) mass is 357 g/mol. The first kappa shape index (κ1) is 15.5. The van der Waals surface area contributed by atoms with E-state index in [1.54, 1.807) is 6.07 Å². The zero-order valence-corrected chi connectivity index (χ0v) is 13.2. The number of thioether (sulfide) groups is 1. The molecule has 2 aromatic rings. The predicted molar refractivity (Wildman–Crippen MR) is 82.7 cm³/mol. The molecule has 2 rings (SSSR count). The Balaban J connectivity index is 2.25. The van der Waals surface area contributed by atoms with E-state index in [1.807, 2.05) is 31.2 Å². The molecule has 0 bridgehead atoms. The maximum atomic E-state index is 13.3. The van der Waals surface area contributed by atoms with Gasteiger partial charge in [0.1, 0.15) is 0 Å². The van der Waals surface area contributed by atoms with Gasteiger partial charge in [0.2, 0.25) is 0 Å². The molecule has 106 valence electrons. The van der Waals surface area contributed by atoms with Gasteiger partial charge in [0.05, 0.1) is 0 Å². The van der Waals surface area contributed by atoms with E-state index in [9.17, 15) is 8.78 Å². The standard InChI is InChI=1S/C15H14BrF2NS/c1-9(19)15(10-2-4-11(16)5-3-10)20-12-6-7-13(17)14(18)8-12/h2-9,15H,19H2,1H3. The van der Waals surface area contributed by atoms with E-state index < -0.39 is 11.6 Å². The summed E-state index contributed by atoms with van der Waals surface area (Å²) in [6.45, 7) is 1.90. The molecule has 0 saturated carbocycles. The molecule has 5 heteroatoms. The molecule has 0 amide bonds. The lowest BCUT2D eigenvalue weighted by atomic mass is 10.1. The first-order valence-electron chi connectivity index (χ1n) is 6.10. The summed E-state index contributed by atoms with van der Waals surface area (Å²) in [4.78, 5) is 0.661. The van der Waals surface area contributed by atoms with Crippen molar-refractivity contribution in [1.82, 2.24) is 0 Å². The van der Waals surface area contributed by atoms with Gasteiger partial charge >= 0.3 is 0 Å². The molecule has 0 saturated heterocycles. The lowest BCUT2D eigenvalue weighted by Crippen LogP contribution is -2.22. The predicted octanol–water partition coefficient (Wildman–Crippen LogP) is 4.91. The molecule has 0 aliphatic carbocycles.